The number of methoxy groups -OCH3 is 1. The third kappa shape index (κ3) is 4.59. The lowest BCUT2D eigenvalue weighted by atomic mass is 10.1. The highest BCUT2D eigenvalue weighted by atomic mass is 19.3. The molecule has 3 aromatic carbocycles. The largest absolute Gasteiger partial charge is 0.493 e. The second kappa shape index (κ2) is 9.30. The molecule has 1 amide bonds. The molecule has 1 N–H and O–H groups in total. The first kappa shape index (κ1) is 21.0. The molecule has 0 unspecified atom stereocenters. The van der Waals surface area contributed by atoms with Gasteiger partial charge in [0.1, 0.15) is 5.69 Å². The number of rotatable bonds is 7. The van der Waals surface area contributed by atoms with E-state index in [0.29, 0.717) is 16.9 Å². The molecule has 0 saturated heterocycles. The average Bonchev–Trinajstić information content (AvgIpc) is 3.27. The Balaban J connectivity index is 1.68. The second-order valence-corrected chi connectivity index (χ2v) is 6.74. The summed E-state index contributed by atoms with van der Waals surface area (Å²) in [5.41, 5.74) is 2.81. The van der Waals surface area contributed by atoms with Crippen molar-refractivity contribution >= 4 is 11.6 Å². The monoisotopic (exact) mass is 435 g/mol. The first-order valence-electron chi connectivity index (χ1n) is 9.70. The van der Waals surface area contributed by atoms with Crippen molar-refractivity contribution in [2.45, 2.75) is 6.61 Å². The fraction of sp³-hybridized carbons (Fsp3) is 0.0833. The van der Waals surface area contributed by atoms with Gasteiger partial charge in [0.2, 0.25) is 0 Å². The number of para-hydroxylation sites is 1. The van der Waals surface area contributed by atoms with E-state index in [4.69, 9.17) is 4.74 Å². The van der Waals surface area contributed by atoms with E-state index in [9.17, 15) is 13.6 Å². The van der Waals surface area contributed by atoms with Gasteiger partial charge < -0.3 is 14.8 Å². The number of hydrogen-bond acceptors (Lipinski definition) is 4. The highest BCUT2D eigenvalue weighted by Gasteiger charge is 2.20. The van der Waals surface area contributed by atoms with Crippen molar-refractivity contribution in [2.75, 3.05) is 12.4 Å². The van der Waals surface area contributed by atoms with Crippen LogP contribution in [0.2, 0.25) is 0 Å². The van der Waals surface area contributed by atoms with Crippen LogP contribution in [0.1, 0.15) is 10.4 Å². The number of halogens is 2. The molecular formula is C24H19F2N3O3. The van der Waals surface area contributed by atoms with Crippen LogP contribution in [0.3, 0.4) is 0 Å². The molecule has 1 heterocycles. The van der Waals surface area contributed by atoms with Crippen LogP contribution < -0.4 is 14.8 Å². The van der Waals surface area contributed by atoms with Gasteiger partial charge in [-0.1, -0.05) is 48.5 Å². The zero-order valence-corrected chi connectivity index (χ0v) is 17.0. The van der Waals surface area contributed by atoms with Crippen molar-refractivity contribution in [3.63, 3.8) is 0 Å². The van der Waals surface area contributed by atoms with Crippen LogP contribution >= 0.6 is 0 Å². The van der Waals surface area contributed by atoms with Gasteiger partial charge in [-0.15, -0.1) is 0 Å². The number of carbonyl (C=O) groups excluding carboxylic acids is 1. The zero-order valence-electron chi connectivity index (χ0n) is 17.0. The molecule has 32 heavy (non-hydrogen) atoms. The summed E-state index contributed by atoms with van der Waals surface area (Å²) in [5, 5.41) is 7.39. The molecule has 1 aromatic heterocycles. The molecule has 8 heteroatoms. The Hall–Kier alpha value is -4.20. The van der Waals surface area contributed by atoms with Gasteiger partial charge in [0.25, 0.3) is 5.91 Å². The standard InChI is InChI=1S/C24H19F2N3O3/c1-31-21-14-17(12-13-20(21)32-24(25)26)27-23(30)19-15-29(18-10-6-3-7-11-18)28-22(19)16-8-4-2-5-9-16/h2-15,24H,1H3,(H,27,30). The van der Waals surface area contributed by atoms with E-state index < -0.39 is 12.5 Å². The molecular weight excluding hydrogens is 416 g/mol. The fourth-order valence-corrected chi connectivity index (χ4v) is 3.20. The van der Waals surface area contributed by atoms with Crippen molar-refractivity contribution in [1.82, 2.24) is 9.78 Å². The summed E-state index contributed by atoms with van der Waals surface area (Å²) in [7, 11) is 1.33. The molecule has 4 aromatic rings. The number of carbonyl (C=O) groups is 1. The smallest absolute Gasteiger partial charge is 0.387 e. The van der Waals surface area contributed by atoms with Crippen LogP contribution in [0.25, 0.3) is 16.9 Å². The van der Waals surface area contributed by atoms with E-state index in [0.717, 1.165) is 11.3 Å². The summed E-state index contributed by atoms with van der Waals surface area (Å²) < 4.78 is 36.3. The van der Waals surface area contributed by atoms with Crippen molar-refractivity contribution in [1.29, 1.82) is 0 Å². The van der Waals surface area contributed by atoms with Gasteiger partial charge in [-0.2, -0.15) is 13.9 Å². The van der Waals surface area contributed by atoms with Gasteiger partial charge in [-0.25, -0.2) is 4.68 Å². The topological polar surface area (TPSA) is 65.4 Å². The summed E-state index contributed by atoms with van der Waals surface area (Å²) in [6.45, 7) is -2.98. The number of aromatic nitrogens is 2. The SMILES string of the molecule is COc1cc(NC(=O)c2cn(-c3ccccc3)nc2-c2ccccc2)ccc1OC(F)F. The number of amides is 1. The lowest BCUT2D eigenvalue weighted by Gasteiger charge is -2.12. The van der Waals surface area contributed by atoms with Gasteiger partial charge in [0.15, 0.2) is 11.5 Å². The summed E-state index contributed by atoms with van der Waals surface area (Å²) in [6, 6.07) is 23.0. The average molecular weight is 435 g/mol. The van der Waals surface area contributed by atoms with Gasteiger partial charge in [0.05, 0.1) is 18.4 Å². The molecule has 0 aliphatic heterocycles. The maximum atomic E-state index is 13.2. The number of alkyl halides is 2. The predicted molar refractivity (Wildman–Crippen MR) is 117 cm³/mol. The molecule has 0 fully saturated rings. The Morgan fingerprint density at radius 1 is 0.969 bits per heavy atom. The maximum absolute atomic E-state index is 13.2. The minimum atomic E-state index is -2.98. The Kier molecular flexibility index (Phi) is 6.12. The van der Waals surface area contributed by atoms with Gasteiger partial charge in [-0.05, 0) is 24.3 Å². The number of nitrogens with one attached hydrogen (secondary N) is 1. The van der Waals surface area contributed by atoms with Crippen LogP contribution in [0, 0.1) is 0 Å². The highest BCUT2D eigenvalue weighted by molar-refractivity contribution is 6.08. The van der Waals surface area contributed by atoms with Crippen LogP contribution in [-0.2, 0) is 0 Å². The van der Waals surface area contributed by atoms with E-state index >= 15 is 0 Å². The summed E-state index contributed by atoms with van der Waals surface area (Å²) in [6.07, 6.45) is 1.65. The molecule has 0 saturated carbocycles. The van der Waals surface area contributed by atoms with Gasteiger partial charge >= 0.3 is 6.61 Å². The summed E-state index contributed by atoms with van der Waals surface area (Å²) in [4.78, 5) is 13.2. The Bertz CT molecular complexity index is 1210. The number of ether oxygens (including phenoxy) is 2. The molecule has 6 nitrogen and oxygen atoms in total. The third-order valence-electron chi connectivity index (χ3n) is 4.66. The normalized spacial score (nSPS) is 10.8. The summed E-state index contributed by atoms with van der Waals surface area (Å²) >= 11 is 0. The maximum Gasteiger partial charge on any atom is 0.387 e. The molecule has 0 bridgehead atoms. The van der Waals surface area contributed by atoms with Crippen molar-refractivity contribution < 1.29 is 23.0 Å². The van der Waals surface area contributed by atoms with E-state index in [1.807, 2.05) is 60.7 Å². The highest BCUT2D eigenvalue weighted by Crippen LogP contribution is 2.32. The lowest BCUT2D eigenvalue weighted by molar-refractivity contribution is -0.0512. The molecule has 162 valence electrons. The minimum Gasteiger partial charge on any atom is -0.493 e. The lowest BCUT2D eigenvalue weighted by Crippen LogP contribution is -2.12. The molecule has 0 aliphatic rings. The molecule has 0 radical (unpaired) electrons. The van der Waals surface area contributed by atoms with Gasteiger partial charge in [-0.3, -0.25) is 4.79 Å². The van der Waals surface area contributed by atoms with Gasteiger partial charge in [0, 0.05) is 23.5 Å². The van der Waals surface area contributed by atoms with Crippen LogP contribution in [0.4, 0.5) is 14.5 Å². The molecule has 4 rings (SSSR count). The van der Waals surface area contributed by atoms with Crippen molar-refractivity contribution in [2.24, 2.45) is 0 Å². The first-order valence-corrected chi connectivity index (χ1v) is 9.70. The number of hydrogen-bond donors (Lipinski definition) is 1. The number of nitrogens with zero attached hydrogens (tertiary/aromatic N) is 2. The number of benzene rings is 3. The Labute approximate surface area is 183 Å². The van der Waals surface area contributed by atoms with Crippen LogP contribution in [-0.4, -0.2) is 29.4 Å². The minimum absolute atomic E-state index is 0.0753. The first-order chi connectivity index (χ1) is 15.5. The number of anilines is 1. The van der Waals surface area contributed by atoms with Crippen molar-refractivity contribution in [3.05, 3.63) is 90.6 Å². The molecule has 0 aliphatic carbocycles. The van der Waals surface area contributed by atoms with E-state index in [1.54, 1.807) is 10.9 Å². The van der Waals surface area contributed by atoms with E-state index in [1.165, 1.54) is 25.3 Å². The Morgan fingerprint density at radius 3 is 2.31 bits per heavy atom. The summed E-state index contributed by atoms with van der Waals surface area (Å²) in [5.74, 6) is -0.454. The predicted octanol–water partition coefficient (Wildman–Crippen LogP) is 5.40. The fourth-order valence-electron chi connectivity index (χ4n) is 3.20. The zero-order chi connectivity index (χ0) is 22.5. The van der Waals surface area contributed by atoms with E-state index in [2.05, 4.69) is 15.2 Å². The van der Waals surface area contributed by atoms with Crippen molar-refractivity contribution in [3.8, 4) is 28.4 Å². The van der Waals surface area contributed by atoms with Crippen LogP contribution in [0.15, 0.2) is 85.1 Å². The van der Waals surface area contributed by atoms with Crippen LogP contribution in [0.5, 0.6) is 11.5 Å². The Morgan fingerprint density at radius 2 is 1.66 bits per heavy atom. The third-order valence-corrected chi connectivity index (χ3v) is 4.66. The molecule has 0 atom stereocenters. The second-order valence-electron chi connectivity index (χ2n) is 6.74. The quantitative estimate of drug-likeness (QED) is 0.422. The molecule has 0 spiro atoms. The van der Waals surface area contributed by atoms with E-state index in [-0.39, 0.29) is 11.5 Å².